The summed E-state index contributed by atoms with van der Waals surface area (Å²) < 4.78 is 7.04. The van der Waals surface area contributed by atoms with Crippen LogP contribution in [-0.2, 0) is 4.74 Å². The van der Waals surface area contributed by atoms with Crippen molar-refractivity contribution in [3.05, 3.63) is 6.33 Å². The van der Waals surface area contributed by atoms with Crippen molar-refractivity contribution in [3.8, 4) is 6.01 Å². The van der Waals surface area contributed by atoms with Crippen molar-refractivity contribution >= 4 is 17.0 Å². The molecule has 0 aromatic carbocycles. The van der Waals surface area contributed by atoms with E-state index in [1.54, 1.807) is 4.57 Å². The monoisotopic (exact) mass is 267 g/mol. The third-order valence-corrected chi connectivity index (χ3v) is 3.13. The van der Waals surface area contributed by atoms with E-state index in [2.05, 4.69) is 15.0 Å². The number of hydrogen-bond donors (Lipinski definition) is 4. The van der Waals surface area contributed by atoms with Gasteiger partial charge >= 0.3 is 6.01 Å². The van der Waals surface area contributed by atoms with E-state index in [0.29, 0.717) is 17.6 Å². The zero-order valence-electron chi connectivity index (χ0n) is 9.84. The molecule has 0 aliphatic carbocycles. The SMILES string of the molecule is Nc1nc(O)nc2c1ncn2[C@H]1C[C@H](O)[C@@H](CO)O1. The summed E-state index contributed by atoms with van der Waals surface area (Å²) in [5, 5.41) is 28.1. The largest absolute Gasteiger partial charge is 0.479 e. The highest BCUT2D eigenvalue weighted by Crippen LogP contribution is 2.31. The number of aliphatic hydroxyl groups is 2. The molecule has 102 valence electrons. The summed E-state index contributed by atoms with van der Waals surface area (Å²) in [5.74, 6) is 0.0681. The van der Waals surface area contributed by atoms with Gasteiger partial charge in [0, 0.05) is 6.42 Å². The van der Waals surface area contributed by atoms with Crippen molar-refractivity contribution in [1.82, 2.24) is 19.5 Å². The van der Waals surface area contributed by atoms with Gasteiger partial charge in [-0.1, -0.05) is 0 Å². The van der Waals surface area contributed by atoms with E-state index in [1.807, 2.05) is 0 Å². The Morgan fingerprint density at radius 3 is 2.95 bits per heavy atom. The summed E-state index contributed by atoms with van der Waals surface area (Å²) in [4.78, 5) is 11.5. The Bertz CT molecular complexity index is 615. The average Bonchev–Trinajstić information content (AvgIpc) is 2.92. The lowest BCUT2D eigenvalue weighted by atomic mass is 10.2. The molecule has 0 saturated carbocycles. The molecular weight excluding hydrogens is 254 g/mol. The first-order valence-electron chi connectivity index (χ1n) is 5.73. The number of fused-ring (bicyclic) bond motifs is 1. The van der Waals surface area contributed by atoms with Crippen LogP contribution in [0.2, 0.25) is 0 Å². The minimum Gasteiger partial charge on any atom is -0.479 e. The van der Waals surface area contributed by atoms with E-state index < -0.39 is 24.4 Å². The summed E-state index contributed by atoms with van der Waals surface area (Å²) in [6.45, 7) is -0.271. The topological polar surface area (TPSA) is 140 Å². The molecule has 0 bridgehead atoms. The summed E-state index contributed by atoms with van der Waals surface area (Å²) in [6.07, 6.45) is -0.186. The van der Waals surface area contributed by atoms with Gasteiger partial charge in [0.05, 0.1) is 19.0 Å². The lowest BCUT2D eigenvalue weighted by Crippen LogP contribution is -2.24. The minimum atomic E-state index is -0.764. The standard InChI is InChI=1S/C10H13N5O4/c11-8-7-9(14-10(18)13-8)15(3-12-7)6-1-4(17)5(2-16)19-6/h3-6,16-17H,1-2H2,(H3,11,13,14,18)/t4-,5+,6+/m0/s1. The van der Waals surface area contributed by atoms with E-state index >= 15 is 0 Å². The molecule has 3 atom stereocenters. The number of aromatic nitrogens is 4. The molecule has 3 rings (SSSR count). The summed E-state index contributed by atoms with van der Waals surface area (Å²) >= 11 is 0. The zero-order valence-corrected chi connectivity index (χ0v) is 9.84. The smallest absolute Gasteiger partial charge is 0.317 e. The fraction of sp³-hybridized carbons (Fsp3) is 0.500. The number of nitrogens with two attached hydrogens (primary N) is 1. The molecule has 2 aromatic rings. The lowest BCUT2D eigenvalue weighted by Gasteiger charge is -2.13. The third kappa shape index (κ3) is 1.87. The van der Waals surface area contributed by atoms with Gasteiger partial charge in [-0.3, -0.25) is 4.57 Å². The molecule has 0 radical (unpaired) electrons. The van der Waals surface area contributed by atoms with Crippen LogP contribution in [0.15, 0.2) is 6.33 Å². The van der Waals surface area contributed by atoms with Crippen LogP contribution in [0.5, 0.6) is 6.01 Å². The van der Waals surface area contributed by atoms with Crippen LogP contribution < -0.4 is 5.73 Å². The van der Waals surface area contributed by atoms with Gasteiger partial charge in [0.15, 0.2) is 17.0 Å². The number of aliphatic hydroxyl groups excluding tert-OH is 2. The van der Waals surface area contributed by atoms with E-state index in [0.717, 1.165) is 0 Å². The maximum absolute atomic E-state index is 9.71. The number of anilines is 1. The summed E-state index contributed by atoms with van der Waals surface area (Å²) in [6, 6.07) is -0.455. The highest BCUT2D eigenvalue weighted by Gasteiger charge is 2.35. The van der Waals surface area contributed by atoms with Crippen molar-refractivity contribution in [2.75, 3.05) is 12.3 Å². The first kappa shape index (κ1) is 12.1. The number of imidazole rings is 1. The number of nitrogens with zero attached hydrogens (tertiary/aromatic N) is 4. The number of ether oxygens (including phenoxy) is 1. The van der Waals surface area contributed by atoms with Crippen molar-refractivity contribution in [1.29, 1.82) is 0 Å². The molecule has 1 saturated heterocycles. The molecule has 5 N–H and O–H groups in total. The second kappa shape index (κ2) is 4.30. The molecule has 1 aliphatic heterocycles. The molecule has 2 aromatic heterocycles. The predicted octanol–water partition coefficient (Wildman–Crippen LogP) is -1.25. The Balaban J connectivity index is 2.02. The first-order valence-corrected chi connectivity index (χ1v) is 5.73. The van der Waals surface area contributed by atoms with Crippen LogP contribution >= 0.6 is 0 Å². The molecule has 3 heterocycles. The fourth-order valence-corrected chi connectivity index (χ4v) is 2.19. The molecule has 19 heavy (non-hydrogen) atoms. The van der Waals surface area contributed by atoms with Crippen LogP contribution in [0.1, 0.15) is 12.6 Å². The number of nitrogen functional groups attached to an aromatic ring is 1. The molecule has 0 unspecified atom stereocenters. The van der Waals surface area contributed by atoms with Crippen LogP contribution in [-0.4, -0.2) is 53.7 Å². The Hall–Kier alpha value is -1.97. The molecule has 0 amide bonds. The van der Waals surface area contributed by atoms with Gasteiger partial charge in [0.25, 0.3) is 0 Å². The minimum absolute atomic E-state index is 0.0681. The average molecular weight is 267 g/mol. The third-order valence-electron chi connectivity index (χ3n) is 3.13. The van der Waals surface area contributed by atoms with Gasteiger partial charge in [-0.2, -0.15) is 9.97 Å². The molecule has 1 fully saturated rings. The number of aromatic hydroxyl groups is 1. The van der Waals surface area contributed by atoms with Gasteiger partial charge in [0.1, 0.15) is 12.3 Å². The van der Waals surface area contributed by atoms with Gasteiger partial charge in [0.2, 0.25) is 0 Å². The molecule has 1 aliphatic rings. The molecule has 0 spiro atoms. The highest BCUT2D eigenvalue weighted by molar-refractivity contribution is 5.81. The Kier molecular flexibility index (Phi) is 2.73. The molecule has 9 nitrogen and oxygen atoms in total. The van der Waals surface area contributed by atoms with E-state index in [1.165, 1.54) is 6.33 Å². The van der Waals surface area contributed by atoms with E-state index in [-0.39, 0.29) is 12.4 Å². The van der Waals surface area contributed by atoms with Gasteiger partial charge < -0.3 is 25.8 Å². The highest BCUT2D eigenvalue weighted by atomic mass is 16.5. The maximum Gasteiger partial charge on any atom is 0.317 e. The van der Waals surface area contributed by atoms with E-state index in [9.17, 15) is 10.2 Å². The van der Waals surface area contributed by atoms with Crippen molar-refractivity contribution in [3.63, 3.8) is 0 Å². The van der Waals surface area contributed by atoms with Gasteiger partial charge in [-0.05, 0) is 0 Å². The summed E-state index contributed by atoms with van der Waals surface area (Å²) in [7, 11) is 0. The first-order chi connectivity index (χ1) is 9.10. The lowest BCUT2D eigenvalue weighted by molar-refractivity contribution is -0.0432. The molecule has 9 heteroatoms. The number of hydrogen-bond acceptors (Lipinski definition) is 8. The van der Waals surface area contributed by atoms with Crippen molar-refractivity contribution in [2.24, 2.45) is 0 Å². The van der Waals surface area contributed by atoms with Crippen LogP contribution in [0.25, 0.3) is 11.2 Å². The second-order valence-electron chi connectivity index (χ2n) is 4.35. The van der Waals surface area contributed by atoms with Crippen LogP contribution in [0, 0.1) is 0 Å². The fourth-order valence-electron chi connectivity index (χ4n) is 2.19. The zero-order chi connectivity index (χ0) is 13.6. The van der Waals surface area contributed by atoms with E-state index in [4.69, 9.17) is 15.6 Å². The normalized spacial score (nSPS) is 27.2. The van der Waals surface area contributed by atoms with Gasteiger partial charge in [-0.25, -0.2) is 4.98 Å². The maximum atomic E-state index is 9.71. The van der Waals surface area contributed by atoms with Crippen LogP contribution in [0.4, 0.5) is 5.82 Å². The predicted molar refractivity (Wildman–Crippen MR) is 63.0 cm³/mol. The number of rotatable bonds is 2. The Morgan fingerprint density at radius 2 is 2.26 bits per heavy atom. The van der Waals surface area contributed by atoms with Crippen molar-refractivity contribution in [2.45, 2.75) is 24.9 Å². The molecular formula is C10H13N5O4. The Labute approximate surface area is 107 Å². The van der Waals surface area contributed by atoms with Crippen LogP contribution in [0.3, 0.4) is 0 Å². The second-order valence-corrected chi connectivity index (χ2v) is 4.35. The summed E-state index contributed by atoms with van der Waals surface area (Å²) in [5.41, 5.74) is 6.30. The van der Waals surface area contributed by atoms with Gasteiger partial charge in [-0.15, -0.1) is 0 Å². The Morgan fingerprint density at radius 1 is 1.47 bits per heavy atom. The quantitative estimate of drug-likeness (QED) is 0.529. The van der Waals surface area contributed by atoms with Crippen molar-refractivity contribution < 1.29 is 20.1 Å².